The van der Waals surface area contributed by atoms with Gasteiger partial charge in [0.2, 0.25) is 0 Å². The average Bonchev–Trinajstić information content (AvgIpc) is 2.83. The number of carbonyl (C=O) groups excluding carboxylic acids is 1. The summed E-state index contributed by atoms with van der Waals surface area (Å²) in [5.74, 6) is -0.382. The number of unbranched alkanes of at least 4 members (excludes halogenated alkanes) is 1. The number of carbonyl (C=O) groups is 1. The highest BCUT2D eigenvalue weighted by molar-refractivity contribution is 6.03. The molecule has 1 aliphatic rings. The quantitative estimate of drug-likeness (QED) is 0.923. The zero-order valence-corrected chi connectivity index (χ0v) is 12.8. The third-order valence-corrected chi connectivity index (χ3v) is 4.36. The largest absolute Gasteiger partial charge is 0.395 e. The molecule has 1 amide bonds. The van der Waals surface area contributed by atoms with E-state index in [1.165, 1.54) is 6.07 Å². The zero-order valence-electron chi connectivity index (χ0n) is 12.8. The number of hydrogen-bond acceptors (Lipinski definition) is 2. The Labute approximate surface area is 129 Å². The number of rotatable bonds is 5. The second kappa shape index (κ2) is 6.08. The summed E-state index contributed by atoms with van der Waals surface area (Å²) in [7, 11) is 0. The van der Waals surface area contributed by atoms with Gasteiger partial charge in [-0.3, -0.25) is 4.79 Å². The van der Waals surface area contributed by atoms with Crippen LogP contribution in [-0.2, 0) is 13.0 Å². The van der Waals surface area contributed by atoms with Crippen LogP contribution in [0.2, 0.25) is 0 Å². The van der Waals surface area contributed by atoms with Crippen LogP contribution in [0.1, 0.15) is 35.8 Å². The SMILES string of the molecule is CCCCN1CCc2c(n(CCO)c3c(F)cccc23)C1=O. The van der Waals surface area contributed by atoms with Gasteiger partial charge in [-0.1, -0.05) is 25.5 Å². The molecule has 0 unspecified atom stereocenters. The molecule has 1 aliphatic heterocycles. The summed E-state index contributed by atoms with van der Waals surface area (Å²) in [5.41, 5.74) is 1.91. The maximum absolute atomic E-state index is 14.3. The van der Waals surface area contributed by atoms with Crippen molar-refractivity contribution >= 4 is 16.8 Å². The summed E-state index contributed by atoms with van der Waals surface area (Å²) < 4.78 is 15.9. The lowest BCUT2D eigenvalue weighted by Gasteiger charge is -2.28. The fourth-order valence-electron chi connectivity index (χ4n) is 3.32. The summed E-state index contributed by atoms with van der Waals surface area (Å²) in [6.07, 6.45) is 2.74. The smallest absolute Gasteiger partial charge is 0.270 e. The third-order valence-electron chi connectivity index (χ3n) is 4.36. The van der Waals surface area contributed by atoms with Gasteiger partial charge in [0, 0.05) is 25.0 Å². The fraction of sp³-hybridized carbons (Fsp3) is 0.471. The lowest BCUT2D eigenvalue weighted by molar-refractivity contribution is 0.0725. The van der Waals surface area contributed by atoms with Crippen LogP contribution in [0.3, 0.4) is 0 Å². The van der Waals surface area contributed by atoms with Crippen LogP contribution < -0.4 is 0 Å². The van der Waals surface area contributed by atoms with Crippen molar-refractivity contribution in [1.29, 1.82) is 0 Å². The van der Waals surface area contributed by atoms with Crippen molar-refractivity contribution in [1.82, 2.24) is 9.47 Å². The number of halogens is 1. The highest BCUT2D eigenvalue weighted by atomic mass is 19.1. The molecule has 22 heavy (non-hydrogen) atoms. The monoisotopic (exact) mass is 304 g/mol. The Kier molecular flexibility index (Phi) is 4.16. The standard InChI is InChI=1S/C17H21FN2O2/c1-2-3-8-19-9-7-13-12-5-4-6-14(18)15(12)20(10-11-21)16(13)17(19)22/h4-6,21H,2-3,7-11H2,1H3. The average molecular weight is 304 g/mol. The van der Waals surface area contributed by atoms with Gasteiger partial charge in [-0.25, -0.2) is 4.39 Å². The lowest BCUT2D eigenvalue weighted by Crippen LogP contribution is -2.39. The molecule has 0 fully saturated rings. The number of fused-ring (bicyclic) bond motifs is 3. The van der Waals surface area contributed by atoms with E-state index in [0.29, 0.717) is 17.8 Å². The minimum absolute atomic E-state index is 0.0428. The van der Waals surface area contributed by atoms with Gasteiger partial charge in [-0.15, -0.1) is 0 Å². The molecule has 4 nitrogen and oxygen atoms in total. The van der Waals surface area contributed by atoms with Gasteiger partial charge >= 0.3 is 0 Å². The van der Waals surface area contributed by atoms with Gasteiger partial charge in [-0.2, -0.15) is 0 Å². The Morgan fingerprint density at radius 3 is 2.86 bits per heavy atom. The molecule has 0 radical (unpaired) electrons. The van der Waals surface area contributed by atoms with Crippen molar-refractivity contribution in [2.24, 2.45) is 0 Å². The molecule has 2 heterocycles. The zero-order chi connectivity index (χ0) is 15.7. The number of aliphatic hydroxyl groups is 1. The van der Waals surface area contributed by atoms with Crippen LogP contribution in [0, 0.1) is 5.82 Å². The van der Waals surface area contributed by atoms with Crippen molar-refractivity contribution in [3.8, 4) is 0 Å². The Hall–Kier alpha value is -1.88. The molecule has 0 aliphatic carbocycles. The first-order valence-electron chi connectivity index (χ1n) is 7.88. The van der Waals surface area contributed by atoms with Crippen LogP contribution in [0.25, 0.3) is 10.9 Å². The molecule has 0 atom stereocenters. The molecular weight excluding hydrogens is 283 g/mol. The van der Waals surface area contributed by atoms with Crippen molar-refractivity contribution in [2.45, 2.75) is 32.7 Å². The van der Waals surface area contributed by atoms with E-state index in [0.717, 1.165) is 36.8 Å². The predicted octanol–water partition coefficient (Wildman–Crippen LogP) is 2.57. The first-order chi connectivity index (χ1) is 10.7. The van der Waals surface area contributed by atoms with E-state index in [9.17, 15) is 14.3 Å². The van der Waals surface area contributed by atoms with Crippen LogP contribution in [-0.4, -0.2) is 40.2 Å². The highest BCUT2D eigenvalue weighted by Crippen LogP contribution is 2.32. The molecule has 1 N–H and O–H groups in total. The molecule has 0 spiro atoms. The van der Waals surface area contributed by atoms with Crippen LogP contribution in [0.4, 0.5) is 4.39 Å². The van der Waals surface area contributed by atoms with Gasteiger partial charge in [0.1, 0.15) is 11.5 Å². The summed E-state index contributed by atoms with van der Waals surface area (Å²) in [4.78, 5) is 14.6. The number of amides is 1. The third kappa shape index (κ3) is 2.29. The minimum Gasteiger partial charge on any atom is -0.395 e. The maximum atomic E-state index is 14.3. The topological polar surface area (TPSA) is 45.5 Å². The fourth-order valence-corrected chi connectivity index (χ4v) is 3.32. The minimum atomic E-state index is -0.340. The van der Waals surface area contributed by atoms with E-state index in [2.05, 4.69) is 6.92 Å². The van der Waals surface area contributed by atoms with Crippen molar-refractivity contribution in [2.75, 3.05) is 19.7 Å². The molecule has 1 aromatic carbocycles. The number of para-hydroxylation sites is 1. The highest BCUT2D eigenvalue weighted by Gasteiger charge is 2.31. The first-order valence-corrected chi connectivity index (χ1v) is 7.88. The van der Waals surface area contributed by atoms with Gasteiger partial charge in [-0.05, 0) is 24.5 Å². The molecule has 118 valence electrons. The molecule has 1 aromatic heterocycles. The Morgan fingerprint density at radius 2 is 2.14 bits per heavy atom. The van der Waals surface area contributed by atoms with Crippen molar-refractivity contribution in [3.63, 3.8) is 0 Å². The molecule has 0 bridgehead atoms. The Balaban J connectivity index is 2.14. The molecule has 0 saturated carbocycles. The van der Waals surface area contributed by atoms with Gasteiger partial charge in [0.25, 0.3) is 5.91 Å². The second-order valence-electron chi connectivity index (χ2n) is 5.73. The molecular formula is C17H21FN2O2. The molecule has 2 aromatic rings. The molecule has 3 rings (SSSR count). The number of hydrogen-bond donors (Lipinski definition) is 1. The van der Waals surface area contributed by atoms with E-state index in [1.807, 2.05) is 11.0 Å². The molecule has 0 saturated heterocycles. The summed E-state index contributed by atoms with van der Waals surface area (Å²) >= 11 is 0. The lowest BCUT2D eigenvalue weighted by atomic mass is 10.0. The van der Waals surface area contributed by atoms with E-state index in [-0.39, 0.29) is 24.9 Å². The number of aromatic nitrogens is 1. The van der Waals surface area contributed by atoms with E-state index >= 15 is 0 Å². The van der Waals surface area contributed by atoms with Crippen molar-refractivity contribution < 1.29 is 14.3 Å². The second-order valence-corrected chi connectivity index (χ2v) is 5.73. The van der Waals surface area contributed by atoms with Gasteiger partial charge in [0.15, 0.2) is 0 Å². The first kappa shape index (κ1) is 15.0. The summed E-state index contributed by atoms with van der Waals surface area (Å²) in [6, 6.07) is 4.94. The number of aliphatic hydroxyl groups excluding tert-OH is 1. The van der Waals surface area contributed by atoms with Crippen LogP contribution >= 0.6 is 0 Å². The van der Waals surface area contributed by atoms with E-state index < -0.39 is 0 Å². The van der Waals surface area contributed by atoms with Gasteiger partial charge < -0.3 is 14.6 Å². The van der Waals surface area contributed by atoms with Crippen LogP contribution in [0.5, 0.6) is 0 Å². The molecule has 5 heteroatoms. The van der Waals surface area contributed by atoms with Gasteiger partial charge in [0.05, 0.1) is 12.1 Å². The predicted molar refractivity (Wildman–Crippen MR) is 83.5 cm³/mol. The maximum Gasteiger partial charge on any atom is 0.270 e. The summed E-state index contributed by atoms with van der Waals surface area (Å²) in [5, 5.41) is 10.1. The van der Waals surface area contributed by atoms with E-state index in [4.69, 9.17) is 0 Å². The number of benzene rings is 1. The van der Waals surface area contributed by atoms with Crippen LogP contribution in [0.15, 0.2) is 18.2 Å². The number of nitrogens with zero attached hydrogens (tertiary/aromatic N) is 2. The normalized spacial score (nSPS) is 14.7. The Morgan fingerprint density at radius 1 is 1.32 bits per heavy atom. The van der Waals surface area contributed by atoms with Crippen molar-refractivity contribution in [3.05, 3.63) is 35.3 Å². The Bertz CT molecular complexity index is 708. The summed E-state index contributed by atoms with van der Waals surface area (Å²) in [6.45, 7) is 3.63. The van der Waals surface area contributed by atoms with E-state index in [1.54, 1.807) is 10.6 Å².